The van der Waals surface area contributed by atoms with E-state index in [2.05, 4.69) is 25.6 Å². The van der Waals surface area contributed by atoms with E-state index in [1.807, 2.05) is 12.1 Å². The van der Waals surface area contributed by atoms with Crippen molar-refractivity contribution < 1.29 is 9.59 Å². The van der Waals surface area contributed by atoms with Gasteiger partial charge >= 0.3 is 0 Å². The second kappa shape index (κ2) is 8.46. The van der Waals surface area contributed by atoms with Gasteiger partial charge in [0.05, 0.1) is 22.9 Å². The lowest BCUT2D eigenvalue weighted by Gasteiger charge is -2.09. The molecule has 9 nitrogen and oxygen atoms in total. The Hall–Kier alpha value is -4.53. The first-order valence-corrected chi connectivity index (χ1v) is 9.41. The molecule has 0 spiro atoms. The van der Waals surface area contributed by atoms with Gasteiger partial charge in [0, 0.05) is 23.9 Å². The van der Waals surface area contributed by atoms with Gasteiger partial charge in [0.2, 0.25) is 5.91 Å². The van der Waals surface area contributed by atoms with E-state index < -0.39 is 5.91 Å². The van der Waals surface area contributed by atoms with E-state index >= 15 is 0 Å². The highest BCUT2D eigenvalue weighted by Crippen LogP contribution is 2.17. The Morgan fingerprint density at radius 1 is 0.935 bits per heavy atom. The molecule has 4 aromatic rings. The van der Waals surface area contributed by atoms with Crippen LogP contribution in [0.4, 0.5) is 17.3 Å². The van der Waals surface area contributed by atoms with E-state index in [9.17, 15) is 9.59 Å². The van der Waals surface area contributed by atoms with Crippen LogP contribution in [0.5, 0.6) is 0 Å². The number of hydrogen-bond donors (Lipinski definition) is 4. The third-order valence-electron chi connectivity index (χ3n) is 4.60. The van der Waals surface area contributed by atoms with Gasteiger partial charge in [-0.25, -0.2) is 9.97 Å². The fraction of sp³-hybridized carbons (Fsp3) is 0.0455. The van der Waals surface area contributed by atoms with Crippen LogP contribution >= 0.6 is 0 Å². The molecule has 0 saturated carbocycles. The summed E-state index contributed by atoms with van der Waals surface area (Å²) in [7, 11) is 0. The maximum Gasteiger partial charge on any atom is 0.255 e. The molecule has 2 aromatic carbocycles. The quantitative estimate of drug-likeness (QED) is 0.379. The molecule has 0 fully saturated rings. The highest BCUT2D eigenvalue weighted by molar-refractivity contribution is 6.05. The Bertz CT molecular complexity index is 1270. The average molecular weight is 413 g/mol. The van der Waals surface area contributed by atoms with Crippen molar-refractivity contribution in [3.05, 3.63) is 83.7 Å². The van der Waals surface area contributed by atoms with Crippen molar-refractivity contribution in [1.29, 1.82) is 0 Å². The molecule has 0 aliphatic heterocycles. The van der Waals surface area contributed by atoms with E-state index in [1.54, 1.807) is 54.9 Å². The standard InChI is InChI=1S/C22H19N7O2/c23-20-17(2-1-9-25-20)29-22(31)14-5-3-13(4-6-14)11-27-19-12-26-16-8-7-15(21(24)30)10-18(16)28-19/h1-10,12H,11H2,(H2,23,25)(H2,24,30)(H,27,28)(H,29,31). The molecule has 0 bridgehead atoms. The number of nitrogens with zero attached hydrogens (tertiary/aromatic N) is 3. The highest BCUT2D eigenvalue weighted by Gasteiger charge is 2.09. The van der Waals surface area contributed by atoms with Gasteiger partial charge < -0.3 is 22.1 Å². The largest absolute Gasteiger partial charge is 0.382 e. The summed E-state index contributed by atoms with van der Waals surface area (Å²) in [6, 6.07) is 15.5. The van der Waals surface area contributed by atoms with Crippen LogP contribution in [-0.2, 0) is 6.54 Å². The smallest absolute Gasteiger partial charge is 0.255 e. The number of rotatable bonds is 6. The summed E-state index contributed by atoms with van der Waals surface area (Å²) in [6.45, 7) is 0.479. The summed E-state index contributed by atoms with van der Waals surface area (Å²) in [5.41, 5.74) is 14.6. The van der Waals surface area contributed by atoms with Gasteiger partial charge in [-0.2, -0.15) is 0 Å². The molecule has 0 radical (unpaired) electrons. The normalized spacial score (nSPS) is 10.6. The van der Waals surface area contributed by atoms with E-state index in [0.717, 1.165) is 5.56 Å². The van der Waals surface area contributed by atoms with Crippen molar-refractivity contribution in [2.45, 2.75) is 6.54 Å². The summed E-state index contributed by atoms with van der Waals surface area (Å²) >= 11 is 0. The van der Waals surface area contributed by atoms with Crippen molar-refractivity contribution in [2.75, 3.05) is 16.4 Å². The van der Waals surface area contributed by atoms with Crippen molar-refractivity contribution in [3.63, 3.8) is 0 Å². The average Bonchev–Trinajstić information content (AvgIpc) is 2.79. The molecule has 2 amide bonds. The lowest BCUT2D eigenvalue weighted by atomic mass is 10.1. The minimum atomic E-state index is -0.516. The third kappa shape index (κ3) is 4.56. The van der Waals surface area contributed by atoms with Crippen LogP contribution in [0.3, 0.4) is 0 Å². The Morgan fingerprint density at radius 2 is 1.71 bits per heavy atom. The summed E-state index contributed by atoms with van der Waals surface area (Å²) in [6.07, 6.45) is 3.18. The lowest BCUT2D eigenvalue weighted by molar-refractivity contribution is 0.0997. The second-order valence-electron chi connectivity index (χ2n) is 6.76. The Morgan fingerprint density at radius 3 is 2.45 bits per heavy atom. The summed E-state index contributed by atoms with van der Waals surface area (Å²) in [5, 5.41) is 5.92. The van der Waals surface area contributed by atoms with Crippen molar-refractivity contribution in [1.82, 2.24) is 15.0 Å². The predicted molar refractivity (Wildman–Crippen MR) is 118 cm³/mol. The van der Waals surface area contributed by atoms with Crippen LogP contribution in [0.15, 0.2) is 67.0 Å². The number of nitrogens with one attached hydrogen (secondary N) is 2. The number of carbonyl (C=O) groups is 2. The number of carbonyl (C=O) groups excluding carboxylic acids is 2. The van der Waals surface area contributed by atoms with Crippen molar-refractivity contribution in [2.24, 2.45) is 5.73 Å². The number of fused-ring (bicyclic) bond motifs is 1. The molecule has 2 heterocycles. The lowest BCUT2D eigenvalue weighted by Crippen LogP contribution is -2.13. The zero-order valence-electron chi connectivity index (χ0n) is 16.4. The van der Waals surface area contributed by atoms with E-state index in [4.69, 9.17) is 11.5 Å². The van der Waals surface area contributed by atoms with Crippen LogP contribution in [0.1, 0.15) is 26.3 Å². The van der Waals surface area contributed by atoms with Crippen LogP contribution in [0.25, 0.3) is 11.0 Å². The zero-order chi connectivity index (χ0) is 21.8. The van der Waals surface area contributed by atoms with Crippen molar-refractivity contribution >= 4 is 40.2 Å². The number of hydrogen-bond acceptors (Lipinski definition) is 7. The van der Waals surface area contributed by atoms with Gasteiger partial charge in [-0.1, -0.05) is 12.1 Å². The van der Waals surface area contributed by atoms with Crippen molar-refractivity contribution in [3.8, 4) is 0 Å². The van der Waals surface area contributed by atoms with E-state index in [0.29, 0.717) is 40.2 Å². The monoisotopic (exact) mass is 413 g/mol. The van der Waals surface area contributed by atoms with Gasteiger partial charge in [0.15, 0.2) is 0 Å². The Labute approximate surface area is 177 Å². The molecule has 6 N–H and O–H groups in total. The van der Waals surface area contributed by atoms with Crippen LogP contribution in [-0.4, -0.2) is 26.8 Å². The first-order chi connectivity index (χ1) is 15.0. The molecular formula is C22H19N7O2. The number of pyridine rings is 1. The molecule has 0 aliphatic rings. The summed E-state index contributed by atoms with van der Waals surface area (Å²) < 4.78 is 0. The third-order valence-corrected chi connectivity index (χ3v) is 4.60. The molecule has 2 aromatic heterocycles. The number of amides is 2. The minimum absolute atomic E-state index is 0.260. The molecule has 154 valence electrons. The van der Waals surface area contributed by atoms with Gasteiger partial charge in [-0.05, 0) is 48.0 Å². The first-order valence-electron chi connectivity index (χ1n) is 9.41. The number of anilines is 3. The van der Waals surface area contributed by atoms with Crippen LogP contribution in [0.2, 0.25) is 0 Å². The maximum absolute atomic E-state index is 12.4. The summed E-state index contributed by atoms with van der Waals surface area (Å²) in [5.74, 6) is 0.0290. The molecule has 0 aliphatic carbocycles. The highest BCUT2D eigenvalue weighted by atomic mass is 16.2. The molecule has 31 heavy (non-hydrogen) atoms. The van der Waals surface area contributed by atoms with Gasteiger partial charge in [-0.15, -0.1) is 0 Å². The molecule has 0 saturated heterocycles. The number of nitrogen functional groups attached to an aromatic ring is 1. The van der Waals surface area contributed by atoms with Crippen LogP contribution in [0, 0.1) is 0 Å². The molecule has 4 rings (SSSR count). The Kier molecular flexibility index (Phi) is 5.39. The number of benzene rings is 2. The Balaban J connectivity index is 1.41. The fourth-order valence-corrected chi connectivity index (χ4v) is 2.93. The second-order valence-corrected chi connectivity index (χ2v) is 6.76. The molecule has 0 atom stereocenters. The van der Waals surface area contributed by atoms with E-state index in [1.165, 1.54) is 0 Å². The number of primary amides is 1. The number of nitrogens with two attached hydrogens (primary N) is 2. The summed E-state index contributed by atoms with van der Waals surface area (Å²) in [4.78, 5) is 36.5. The van der Waals surface area contributed by atoms with E-state index in [-0.39, 0.29) is 11.7 Å². The first kappa shape index (κ1) is 19.8. The van der Waals surface area contributed by atoms with Gasteiger partial charge in [0.25, 0.3) is 5.91 Å². The zero-order valence-corrected chi connectivity index (χ0v) is 16.4. The SMILES string of the molecule is NC(=O)c1ccc2ncc(NCc3ccc(C(=O)Nc4cccnc4N)cc3)nc2c1. The minimum Gasteiger partial charge on any atom is -0.382 e. The fourth-order valence-electron chi connectivity index (χ4n) is 2.93. The predicted octanol–water partition coefficient (Wildman–Crippen LogP) is 2.57. The topological polar surface area (TPSA) is 149 Å². The van der Waals surface area contributed by atoms with Crippen LogP contribution < -0.4 is 22.1 Å². The molecule has 9 heteroatoms. The van der Waals surface area contributed by atoms with Gasteiger partial charge in [-0.3, -0.25) is 14.6 Å². The van der Waals surface area contributed by atoms with Gasteiger partial charge in [0.1, 0.15) is 11.6 Å². The molecular weight excluding hydrogens is 394 g/mol. The molecule has 0 unspecified atom stereocenters. The number of aromatic nitrogens is 3. The maximum atomic E-state index is 12.4.